The van der Waals surface area contributed by atoms with Gasteiger partial charge in [0.1, 0.15) is 5.75 Å². The minimum absolute atomic E-state index is 0.114. The van der Waals surface area contributed by atoms with E-state index in [-0.39, 0.29) is 5.91 Å². The minimum atomic E-state index is -0.522. The van der Waals surface area contributed by atoms with E-state index in [1.54, 1.807) is 7.11 Å². The number of amides is 1. The summed E-state index contributed by atoms with van der Waals surface area (Å²) in [6, 6.07) is 5.48. The number of carbonyl (C=O) groups excluding carboxylic acids is 1. The second-order valence-corrected chi connectivity index (χ2v) is 5.53. The number of methoxy groups -OCH3 is 1. The fourth-order valence-electron chi connectivity index (χ4n) is 1.97. The number of carbonyl (C=O) groups is 1. The van der Waals surface area contributed by atoms with Gasteiger partial charge in [0.2, 0.25) is 0 Å². The van der Waals surface area contributed by atoms with Gasteiger partial charge in [-0.05, 0) is 31.0 Å². The highest BCUT2D eigenvalue weighted by atomic mass is 79.9. The minimum Gasteiger partial charge on any atom is -0.497 e. The first-order chi connectivity index (χ1) is 9.17. The first-order valence-electron chi connectivity index (χ1n) is 6.16. The van der Waals surface area contributed by atoms with Crippen LogP contribution in [-0.2, 0) is 4.79 Å². The van der Waals surface area contributed by atoms with Gasteiger partial charge in [-0.25, -0.2) is 4.99 Å². The Bertz CT molecular complexity index is 555. The largest absolute Gasteiger partial charge is 0.497 e. The summed E-state index contributed by atoms with van der Waals surface area (Å²) in [4.78, 5) is 16.4. The SMILES string of the molecule is COc1ccc(Br)c(C2N=C(NC3CC3)NC2=O)c1. The number of aliphatic imine (C=N–C) groups is 1. The Kier molecular flexibility index (Phi) is 3.18. The fraction of sp³-hybridized carbons (Fsp3) is 0.385. The lowest BCUT2D eigenvalue weighted by Crippen LogP contribution is -2.37. The molecule has 0 aromatic heterocycles. The smallest absolute Gasteiger partial charge is 0.256 e. The maximum absolute atomic E-state index is 12.0. The summed E-state index contributed by atoms with van der Waals surface area (Å²) in [5, 5.41) is 5.98. The summed E-state index contributed by atoms with van der Waals surface area (Å²) in [5.41, 5.74) is 0.810. The van der Waals surface area contributed by atoms with E-state index in [2.05, 4.69) is 31.6 Å². The zero-order valence-corrected chi connectivity index (χ0v) is 12.0. The molecule has 1 aliphatic heterocycles. The predicted molar refractivity (Wildman–Crippen MR) is 75.2 cm³/mol. The number of hydrogen-bond donors (Lipinski definition) is 2. The molecule has 5 nitrogen and oxygen atoms in total. The molecule has 2 N–H and O–H groups in total. The van der Waals surface area contributed by atoms with E-state index >= 15 is 0 Å². The molecular formula is C13H14BrN3O2. The van der Waals surface area contributed by atoms with Crippen LogP contribution < -0.4 is 15.4 Å². The summed E-state index contributed by atoms with van der Waals surface area (Å²) in [6.45, 7) is 0. The van der Waals surface area contributed by atoms with Crippen LogP contribution in [0.2, 0.25) is 0 Å². The highest BCUT2D eigenvalue weighted by Gasteiger charge is 2.32. The standard InChI is InChI=1S/C13H14BrN3O2/c1-19-8-4-5-10(14)9(6-8)11-12(18)17-13(16-11)15-7-2-3-7/h4-7,11H,2-3H2,1H3,(H2,15,16,17,18). The second kappa shape index (κ2) is 4.85. The van der Waals surface area contributed by atoms with E-state index in [1.165, 1.54) is 0 Å². The molecule has 1 aliphatic carbocycles. The first-order valence-corrected chi connectivity index (χ1v) is 6.95. The number of hydrogen-bond acceptors (Lipinski definition) is 4. The molecule has 1 unspecified atom stereocenters. The van der Waals surface area contributed by atoms with Gasteiger partial charge in [-0.2, -0.15) is 0 Å². The number of benzene rings is 1. The van der Waals surface area contributed by atoms with Crippen LogP contribution in [-0.4, -0.2) is 25.0 Å². The van der Waals surface area contributed by atoms with Crippen LogP contribution in [0.3, 0.4) is 0 Å². The Balaban J connectivity index is 1.87. The van der Waals surface area contributed by atoms with Crippen LogP contribution in [0.1, 0.15) is 24.4 Å². The van der Waals surface area contributed by atoms with Crippen molar-refractivity contribution in [3.63, 3.8) is 0 Å². The van der Waals surface area contributed by atoms with Crippen LogP contribution in [0.15, 0.2) is 27.7 Å². The Labute approximate surface area is 119 Å². The predicted octanol–water partition coefficient (Wildman–Crippen LogP) is 1.74. The van der Waals surface area contributed by atoms with E-state index in [0.29, 0.717) is 17.8 Å². The molecule has 0 spiro atoms. The van der Waals surface area contributed by atoms with Gasteiger partial charge in [0.15, 0.2) is 12.0 Å². The lowest BCUT2D eigenvalue weighted by molar-refractivity contribution is -0.120. The van der Waals surface area contributed by atoms with Crippen LogP contribution in [0.4, 0.5) is 0 Å². The van der Waals surface area contributed by atoms with Crippen molar-refractivity contribution in [2.24, 2.45) is 4.99 Å². The molecule has 1 heterocycles. The maximum Gasteiger partial charge on any atom is 0.256 e. The zero-order chi connectivity index (χ0) is 13.4. The van der Waals surface area contributed by atoms with Crippen LogP contribution in [0.25, 0.3) is 0 Å². The second-order valence-electron chi connectivity index (χ2n) is 4.68. The first kappa shape index (κ1) is 12.5. The molecule has 1 atom stereocenters. The van der Waals surface area contributed by atoms with E-state index in [4.69, 9.17) is 4.74 Å². The van der Waals surface area contributed by atoms with E-state index in [1.807, 2.05) is 18.2 Å². The third-order valence-electron chi connectivity index (χ3n) is 3.16. The Morgan fingerprint density at radius 2 is 2.26 bits per heavy atom. The average molecular weight is 324 g/mol. The fourth-order valence-corrected chi connectivity index (χ4v) is 2.43. The molecule has 3 rings (SSSR count). The third-order valence-corrected chi connectivity index (χ3v) is 3.89. The molecule has 1 saturated carbocycles. The maximum atomic E-state index is 12.0. The number of rotatable bonds is 3. The van der Waals surface area contributed by atoms with Crippen molar-refractivity contribution < 1.29 is 9.53 Å². The number of guanidine groups is 1. The summed E-state index contributed by atoms with van der Waals surface area (Å²) < 4.78 is 6.04. The van der Waals surface area contributed by atoms with Crippen LogP contribution >= 0.6 is 15.9 Å². The summed E-state index contributed by atoms with van der Waals surface area (Å²) in [5.74, 6) is 1.18. The van der Waals surface area contributed by atoms with Crippen LogP contribution in [0.5, 0.6) is 5.75 Å². The number of halogens is 1. The molecule has 2 aliphatic rings. The van der Waals surface area contributed by atoms with E-state index < -0.39 is 6.04 Å². The van der Waals surface area contributed by atoms with Gasteiger partial charge < -0.3 is 10.1 Å². The van der Waals surface area contributed by atoms with Crippen molar-refractivity contribution in [3.8, 4) is 5.75 Å². The van der Waals surface area contributed by atoms with Gasteiger partial charge in [0, 0.05) is 16.1 Å². The average Bonchev–Trinajstić information content (AvgIpc) is 3.13. The number of nitrogens with one attached hydrogen (secondary N) is 2. The lowest BCUT2D eigenvalue weighted by Gasteiger charge is -2.09. The normalized spacial score (nSPS) is 21.9. The summed E-state index contributed by atoms with van der Waals surface area (Å²) in [6.07, 6.45) is 2.28. The van der Waals surface area contributed by atoms with Gasteiger partial charge in [-0.15, -0.1) is 0 Å². The Hall–Kier alpha value is -1.56. The Morgan fingerprint density at radius 3 is 2.95 bits per heavy atom. The Morgan fingerprint density at radius 1 is 1.47 bits per heavy atom. The molecule has 1 fully saturated rings. The topological polar surface area (TPSA) is 62.7 Å². The van der Waals surface area contributed by atoms with Gasteiger partial charge in [-0.1, -0.05) is 15.9 Å². The molecule has 1 aromatic rings. The lowest BCUT2D eigenvalue weighted by atomic mass is 10.1. The van der Waals surface area contributed by atoms with Crippen molar-refractivity contribution in [3.05, 3.63) is 28.2 Å². The summed E-state index contributed by atoms with van der Waals surface area (Å²) >= 11 is 3.46. The van der Waals surface area contributed by atoms with Crippen molar-refractivity contribution in [2.45, 2.75) is 24.9 Å². The number of ether oxygens (including phenoxy) is 1. The van der Waals surface area contributed by atoms with Gasteiger partial charge in [0.25, 0.3) is 5.91 Å². The van der Waals surface area contributed by atoms with Gasteiger partial charge in [0.05, 0.1) is 7.11 Å². The van der Waals surface area contributed by atoms with Crippen LogP contribution in [0, 0.1) is 0 Å². The quantitative estimate of drug-likeness (QED) is 0.890. The van der Waals surface area contributed by atoms with Gasteiger partial charge in [-0.3, -0.25) is 10.1 Å². The molecule has 1 amide bonds. The molecule has 0 radical (unpaired) electrons. The van der Waals surface area contributed by atoms with Crippen molar-refractivity contribution >= 4 is 27.8 Å². The molecule has 1 aromatic carbocycles. The molecule has 100 valence electrons. The van der Waals surface area contributed by atoms with Crippen molar-refractivity contribution in [2.75, 3.05) is 7.11 Å². The third kappa shape index (κ3) is 2.58. The van der Waals surface area contributed by atoms with Crippen molar-refractivity contribution in [1.82, 2.24) is 10.6 Å². The molecule has 0 bridgehead atoms. The molecule has 0 saturated heterocycles. The van der Waals surface area contributed by atoms with Gasteiger partial charge >= 0.3 is 0 Å². The van der Waals surface area contributed by atoms with Crippen molar-refractivity contribution in [1.29, 1.82) is 0 Å². The van der Waals surface area contributed by atoms with E-state index in [9.17, 15) is 4.79 Å². The van der Waals surface area contributed by atoms with E-state index in [0.717, 1.165) is 22.9 Å². The monoisotopic (exact) mass is 323 g/mol. The zero-order valence-electron chi connectivity index (χ0n) is 10.4. The molecule has 19 heavy (non-hydrogen) atoms. The number of nitrogens with zero attached hydrogens (tertiary/aromatic N) is 1. The highest BCUT2D eigenvalue weighted by molar-refractivity contribution is 9.10. The highest BCUT2D eigenvalue weighted by Crippen LogP contribution is 2.32. The molecule has 6 heteroatoms. The summed E-state index contributed by atoms with van der Waals surface area (Å²) in [7, 11) is 1.60. The molecular weight excluding hydrogens is 310 g/mol.